The van der Waals surface area contributed by atoms with Crippen LogP contribution in [0.25, 0.3) is 0 Å². The first kappa shape index (κ1) is 16.9. The molecule has 2 fully saturated rings. The van der Waals surface area contributed by atoms with Crippen molar-refractivity contribution in [2.75, 3.05) is 31.2 Å². The minimum absolute atomic E-state index is 0.0197. The van der Waals surface area contributed by atoms with Gasteiger partial charge in [0.05, 0.1) is 19.7 Å². The number of hydrogen-bond acceptors (Lipinski definition) is 7. The van der Waals surface area contributed by atoms with Crippen LogP contribution in [0, 0.1) is 12.8 Å². The molecule has 7 heteroatoms. The largest absolute Gasteiger partial charge is 0.377 e. The van der Waals surface area contributed by atoms with Gasteiger partial charge < -0.3 is 14.4 Å². The molecule has 134 valence electrons. The van der Waals surface area contributed by atoms with Crippen LogP contribution in [-0.4, -0.2) is 47.1 Å². The molecule has 2 aromatic heterocycles. The number of ether oxygens (including phenoxy) is 2. The predicted molar refractivity (Wildman–Crippen MR) is 96.8 cm³/mol. The van der Waals surface area contributed by atoms with Crippen LogP contribution < -0.4 is 4.90 Å². The summed E-state index contributed by atoms with van der Waals surface area (Å²) in [5, 5.41) is 10.4. The van der Waals surface area contributed by atoms with Crippen molar-refractivity contribution in [3.05, 3.63) is 35.1 Å². The summed E-state index contributed by atoms with van der Waals surface area (Å²) in [6.45, 7) is 6.18. The highest BCUT2D eigenvalue weighted by Crippen LogP contribution is 2.40. The normalized spacial score (nSPS) is 22.1. The number of aromatic nitrogens is 3. The van der Waals surface area contributed by atoms with Crippen LogP contribution in [0.4, 0.5) is 5.13 Å². The lowest BCUT2D eigenvalue weighted by Crippen LogP contribution is -2.65. The zero-order valence-corrected chi connectivity index (χ0v) is 15.4. The summed E-state index contributed by atoms with van der Waals surface area (Å²) in [4.78, 5) is 6.40. The topological polar surface area (TPSA) is 60.4 Å². The molecule has 0 radical (unpaired) electrons. The number of rotatable bonds is 6. The maximum absolute atomic E-state index is 6.13. The van der Waals surface area contributed by atoms with E-state index < -0.39 is 0 Å². The standard InChI is InChI=1S/C18H24N4O2S/c1-14-20-21-17(25-14)22-12-18(13-22)9-15(5-8-24-18)4-7-23-11-16-3-2-6-19-10-16/h2-3,6,10,15H,4-5,7-9,11-13H2,1H3. The van der Waals surface area contributed by atoms with E-state index in [2.05, 4.69) is 26.1 Å². The summed E-state index contributed by atoms with van der Waals surface area (Å²) in [6.07, 6.45) is 7.01. The van der Waals surface area contributed by atoms with Crippen molar-refractivity contribution in [2.45, 2.75) is 38.4 Å². The second-order valence-corrected chi connectivity index (χ2v) is 8.21. The highest BCUT2D eigenvalue weighted by molar-refractivity contribution is 7.15. The van der Waals surface area contributed by atoms with Crippen molar-refractivity contribution >= 4 is 16.5 Å². The Morgan fingerprint density at radius 3 is 3.08 bits per heavy atom. The highest BCUT2D eigenvalue weighted by Gasteiger charge is 2.48. The predicted octanol–water partition coefficient (Wildman–Crippen LogP) is 2.83. The third-order valence-electron chi connectivity index (χ3n) is 5.00. The van der Waals surface area contributed by atoms with Gasteiger partial charge in [-0.25, -0.2) is 0 Å². The van der Waals surface area contributed by atoms with Gasteiger partial charge in [0.15, 0.2) is 0 Å². The van der Waals surface area contributed by atoms with Crippen LogP contribution in [0.2, 0.25) is 0 Å². The molecule has 4 heterocycles. The summed E-state index contributed by atoms with van der Waals surface area (Å²) in [7, 11) is 0. The molecule has 0 bridgehead atoms. The molecule has 2 aliphatic rings. The SMILES string of the molecule is Cc1nnc(N2CC3(CC(CCOCc4cccnc4)CCO3)C2)s1. The molecule has 0 amide bonds. The molecule has 6 nitrogen and oxygen atoms in total. The summed E-state index contributed by atoms with van der Waals surface area (Å²) < 4.78 is 12.0. The molecule has 25 heavy (non-hydrogen) atoms. The fourth-order valence-corrected chi connectivity index (χ4v) is 4.40. The maximum atomic E-state index is 6.13. The lowest BCUT2D eigenvalue weighted by atomic mass is 9.79. The Kier molecular flexibility index (Phi) is 4.96. The average Bonchev–Trinajstić information content (AvgIpc) is 3.04. The third kappa shape index (κ3) is 3.99. The fourth-order valence-electron chi connectivity index (χ4n) is 3.72. The first-order chi connectivity index (χ1) is 12.2. The number of aryl methyl sites for hydroxylation is 1. The Hall–Kier alpha value is -1.57. The van der Waals surface area contributed by atoms with Gasteiger partial charge in [-0.2, -0.15) is 0 Å². The zero-order valence-electron chi connectivity index (χ0n) is 14.6. The van der Waals surface area contributed by atoms with E-state index in [9.17, 15) is 0 Å². The molecule has 1 unspecified atom stereocenters. The molecule has 2 aliphatic heterocycles. The first-order valence-electron chi connectivity index (χ1n) is 8.88. The van der Waals surface area contributed by atoms with Gasteiger partial charge in [0.2, 0.25) is 5.13 Å². The van der Waals surface area contributed by atoms with Crippen molar-refractivity contribution in [3.8, 4) is 0 Å². The van der Waals surface area contributed by atoms with Crippen molar-refractivity contribution in [2.24, 2.45) is 5.92 Å². The van der Waals surface area contributed by atoms with Gasteiger partial charge in [-0.3, -0.25) is 4.98 Å². The van der Waals surface area contributed by atoms with Crippen molar-refractivity contribution in [1.82, 2.24) is 15.2 Å². The van der Waals surface area contributed by atoms with Gasteiger partial charge >= 0.3 is 0 Å². The van der Waals surface area contributed by atoms with Gasteiger partial charge in [0, 0.05) is 25.6 Å². The maximum Gasteiger partial charge on any atom is 0.208 e. The van der Waals surface area contributed by atoms with Crippen LogP contribution in [-0.2, 0) is 16.1 Å². The van der Waals surface area contributed by atoms with Gasteiger partial charge in [-0.15, -0.1) is 10.2 Å². The Labute approximate surface area is 152 Å². The van der Waals surface area contributed by atoms with E-state index in [0.29, 0.717) is 12.5 Å². The van der Waals surface area contributed by atoms with Gasteiger partial charge in [0.1, 0.15) is 10.6 Å². The molecule has 0 N–H and O–H groups in total. The van der Waals surface area contributed by atoms with Crippen LogP contribution in [0.1, 0.15) is 29.8 Å². The van der Waals surface area contributed by atoms with Crippen molar-refractivity contribution in [3.63, 3.8) is 0 Å². The first-order valence-corrected chi connectivity index (χ1v) is 9.70. The molecule has 2 aromatic rings. The molecular formula is C18H24N4O2S. The van der Waals surface area contributed by atoms with Crippen LogP contribution in [0.3, 0.4) is 0 Å². The summed E-state index contributed by atoms with van der Waals surface area (Å²) in [6, 6.07) is 4.00. The van der Waals surface area contributed by atoms with E-state index in [4.69, 9.17) is 9.47 Å². The lowest BCUT2D eigenvalue weighted by Gasteiger charge is -2.53. The van der Waals surface area contributed by atoms with Crippen molar-refractivity contribution < 1.29 is 9.47 Å². The summed E-state index contributed by atoms with van der Waals surface area (Å²) >= 11 is 1.66. The highest BCUT2D eigenvalue weighted by atomic mass is 32.1. The lowest BCUT2D eigenvalue weighted by molar-refractivity contribution is -0.116. The second kappa shape index (κ2) is 7.35. The van der Waals surface area contributed by atoms with Crippen LogP contribution >= 0.6 is 11.3 Å². The number of anilines is 1. The minimum atomic E-state index is 0.0197. The number of nitrogens with zero attached hydrogens (tertiary/aromatic N) is 4. The van der Waals surface area contributed by atoms with Gasteiger partial charge in [-0.1, -0.05) is 17.4 Å². The molecular weight excluding hydrogens is 336 g/mol. The number of hydrogen-bond donors (Lipinski definition) is 0. The number of pyridine rings is 1. The molecule has 0 aliphatic carbocycles. The van der Waals surface area contributed by atoms with Crippen LogP contribution in [0.15, 0.2) is 24.5 Å². The monoisotopic (exact) mass is 360 g/mol. The molecule has 0 saturated carbocycles. The Balaban J connectivity index is 1.21. The smallest absolute Gasteiger partial charge is 0.208 e. The molecule has 0 aromatic carbocycles. The second-order valence-electron chi connectivity index (χ2n) is 7.05. The fraction of sp³-hybridized carbons (Fsp3) is 0.611. The molecule has 2 saturated heterocycles. The summed E-state index contributed by atoms with van der Waals surface area (Å²) in [5.41, 5.74) is 1.15. The molecule has 4 rings (SSSR count). The minimum Gasteiger partial charge on any atom is -0.377 e. The Bertz CT molecular complexity index is 687. The Morgan fingerprint density at radius 1 is 1.40 bits per heavy atom. The van der Waals surface area contributed by atoms with Gasteiger partial charge in [-0.05, 0) is 43.7 Å². The molecule has 1 atom stereocenters. The van der Waals surface area contributed by atoms with Gasteiger partial charge in [0.25, 0.3) is 0 Å². The van der Waals surface area contributed by atoms with E-state index in [1.54, 1.807) is 17.5 Å². The summed E-state index contributed by atoms with van der Waals surface area (Å²) in [5.74, 6) is 0.681. The van der Waals surface area contributed by atoms with E-state index in [-0.39, 0.29) is 5.60 Å². The van der Waals surface area contributed by atoms with E-state index in [1.807, 2.05) is 19.2 Å². The van der Waals surface area contributed by atoms with Crippen molar-refractivity contribution in [1.29, 1.82) is 0 Å². The molecule has 1 spiro atoms. The Morgan fingerprint density at radius 2 is 2.32 bits per heavy atom. The van der Waals surface area contributed by atoms with Crippen LogP contribution in [0.5, 0.6) is 0 Å². The van der Waals surface area contributed by atoms with E-state index >= 15 is 0 Å². The average molecular weight is 360 g/mol. The van der Waals surface area contributed by atoms with E-state index in [0.717, 1.165) is 61.3 Å². The zero-order chi connectivity index (χ0) is 17.1. The third-order valence-corrected chi connectivity index (χ3v) is 5.90. The van der Waals surface area contributed by atoms with E-state index in [1.165, 1.54) is 0 Å². The quantitative estimate of drug-likeness (QED) is 0.738.